The molecule has 0 spiro atoms. The van der Waals surface area contributed by atoms with Crippen LogP contribution in [-0.4, -0.2) is 34.9 Å². The van der Waals surface area contributed by atoms with E-state index in [0.29, 0.717) is 17.9 Å². The summed E-state index contributed by atoms with van der Waals surface area (Å²) >= 11 is 0. The van der Waals surface area contributed by atoms with Gasteiger partial charge in [-0.15, -0.1) is 0 Å². The van der Waals surface area contributed by atoms with E-state index in [-0.39, 0.29) is 5.91 Å². The van der Waals surface area contributed by atoms with E-state index in [1.165, 1.54) is 0 Å². The van der Waals surface area contributed by atoms with Crippen LogP contribution in [0.5, 0.6) is 0 Å². The number of rotatable bonds is 5. The van der Waals surface area contributed by atoms with Crippen LogP contribution in [0, 0.1) is 0 Å². The van der Waals surface area contributed by atoms with E-state index in [0.717, 1.165) is 16.7 Å². The van der Waals surface area contributed by atoms with Crippen LogP contribution in [0.4, 0.5) is 5.82 Å². The molecular weight excluding hydrogens is 312 g/mol. The van der Waals surface area contributed by atoms with Gasteiger partial charge in [-0.3, -0.25) is 9.78 Å². The van der Waals surface area contributed by atoms with Crippen LogP contribution in [0.2, 0.25) is 0 Å². The van der Waals surface area contributed by atoms with Gasteiger partial charge in [0.05, 0.1) is 0 Å². The van der Waals surface area contributed by atoms with E-state index in [4.69, 9.17) is 0 Å². The molecule has 5 heteroatoms. The molecule has 0 aliphatic heterocycles. The predicted octanol–water partition coefficient (Wildman–Crippen LogP) is 3.46. The monoisotopic (exact) mass is 332 g/mol. The molecule has 2 heterocycles. The van der Waals surface area contributed by atoms with Crippen molar-refractivity contribution in [2.45, 2.75) is 6.54 Å². The Balaban J connectivity index is 1.72. The van der Waals surface area contributed by atoms with Crippen LogP contribution in [0.15, 0.2) is 67.1 Å². The van der Waals surface area contributed by atoms with Crippen molar-refractivity contribution in [1.29, 1.82) is 0 Å². The Bertz CT molecular complexity index is 862. The van der Waals surface area contributed by atoms with E-state index < -0.39 is 0 Å². The number of pyridine rings is 2. The average molecular weight is 332 g/mol. The lowest BCUT2D eigenvalue weighted by Gasteiger charge is -2.12. The smallest absolute Gasteiger partial charge is 0.253 e. The maximum absolute atomic E-state index is 12.0. The van der Waals surface area contributed by atoms with Gasteiger partial charge in [-0.25, -0.2) is 4.98 Å². The molecule has 3 rings (SSSR count). The van der Waals surface area contributed by atoms with Crippen molar-refractivity contribution in [2.75, 3.05) is 19.4 Å². The maximum Gasteiger partial charge on any atom is 0.253 e. The zero-order valence-electron chi connectivity index (χ0n) is 14.3. The summed E-state index contributed by atoms with van der Waals surface area (Å²) in [7, 11) is 3.47. The third-order valence-electron chi connectivity index (χ3n) is 3.81. The quantitative estimate of drug-likeness (QED) is 0.777. The van der Waals surface area contributed by atoms with Crippen LogP contribution in [-0.2, 0) is 6.54 Å². The predicted molar refractivity (Wildman–Crippen MR) is 99.3 cm³/mol. The average Bonchev–Trinajstić information content (AvgIpc) is 2.67. The fraction of sp³-hybridized carbons (Fsp3) is 0.150. The lowest BCUT2D eigenvalue weighted by molar-refractivity contribution is 0.0827. The molecule has 1 amide bonds. The van der Waals surface area contributed by atoms with Crippen molar-refractivity contribution in [1.82, 2.24) is 14.9 Å². The zero-order valence-corrected chi connectivity index (χ0v) is 14.3. The molecule has 1 N–H and O–H groups in total. The fourth-order valence-electron chi connectivity index (χ4n) is 2.51. The highest BCUT2D eigenvalue weighted by Gasteiger charge is 2.08. The third kappa shape index (κ3) is 4.20. The number of carbonyl (C=O) groups excluding carboxylic acids is 1. The SMILES string of the molecule is CN(C)C(=O)c1ccnc(NCc2cccc(-c3cccnc3)c2)c1. The summed E-state index contributed by atoms with van der Waals surface area (Å²) in [5, 5.41) is 3.28. The number of amides is 1. The van der Waals surface area contributed by atoms with Gasteiger partial charge in [0.25, 0.3) is 5.91 Å². The number of hydrogen-bond donors (Lipinski definition) is 1. The standard InChI is InChI=1S/C20H20N4O/c1-24(2)20(25)17-8-10-22-19(12-17)23-13-15-5-3-6-16(11-15)18-7-4-9-21-14-18/h3-12,14H,13H2,1-2H3,(H,22,23). The van der Waals surface area contributed by atoms with Gasteiger partial charge in [-0.1, -0.05) is 24.3 Å². The highest BCUT2D eigenvalue weighted by molar-refractivity contribution is 5.94. The van der Waals surface area contributed by atoms with Crippen LogP contribution >= 0.6 is 0 Å². The number of carbonyl (C=O) groups is 1. The molecule has 0 aliphatic rings. The Morgan fingerprint density at radius 3 is 2.64 bits per heavy atom. The Morgan fingerprint density at radius 1 is 1.04 bits per heavy atom. The molecular formula is C20H20N4O. The van der Waals surface area contributed by atoms with Gasteiger partial charge in [0.1, 0.15) is 5.82 Å². The second kappa shape index (κ2) is 7.57. The molecule has 0 saturated carbocycles. The summed E-state index contributed by atoms with van der Waals surface area (Å²) in [5.74, 6) is 0.642. The molecule has 0 saturated heterocycles. The highest BCUT2D eigenvalue weighted by atomic mass is 16.2. The topological polar surface area (TPSA) is 58.1 Å². The molecule has 3 aromatic rings. The molecule has 25 heavy (non-hydrogen) atoms. The molecule has 0 atom stereocenters. The van der Waals surface area contributed by atoms with E-state index >= 15 is 0 Å². The summed E-state index contributed by atoms with van der Waals surface area (Å²) in [6.07, 6.45) is 5.26. The maximum atomic E-state index is 12.0. The van der Waals surface area contributed by atoms with Crippen molar-refractivity contribution in [3.63, 3.8) is 0 Å². The second-order valence-electron chi connectivity index (χ2n) is 5.92. The minimum atomic E-state index is -0.0379. The number of nitrogens with zero attached hydrogens (tertiary/aromatic N) is 3. The fourth-order valence-corrected chi connectivity index (χ4v) is 2.51. The van der Waals surface area contributed by atoms with Gasteiger partial charge < -0.3 is 10.2 Å². The minimum absolute atomic E-state index is 0.0379. The lowest BCUT2D eigenvalue weighted by atomic mass is 10.0. The number of hydrogen-bond acceptors (Lipinski definition) is 4. The first kappa shape index (κ1) is 16.6. The molecule has 0 radical (unpaired) electrons. The van der Waals surface area contributed by atoms with Gasteiger partial charge in [-0.2, -0.15) is 0 Å². The van der Waals surface area contributed by atoms with Crippen LogP contribution in [0.1, 0.15) is 15.9 Å². The lowest BCUT2D eigenvalue weighted by Crippen LogP contribution is -2.21. The Labute approximate surface area is 147 Å². The largest absolute Gasteiger partial charge is 0.366 e. The van der Waals surface area contributed by atoms with Crippen molar-refractivity contribution in [2.24, 2.45) is 0 Å². The second-order valence-corrected chi connectivity index (χ2v) is 5.92. The molecule has 0 bridgehead atoms. The summed E-state index contributed by atoms with van der Waals surface area (Å²) in [5.41, 5.74) is 3.96. The van der Waals surface area contributed by atoms with Gasteiger partial charge >= 0.3 is 0 Å². The molecule has 126 valence electrons. The first-order valence-electron chi connectivity index (χ1n) is 8.04. The molecule has 0 aliphatic carbocycles. The minimum Gasteiger partial charge on any atom is -0.366 e. The van der Waals surface area contributed by atoms with Crippen LogP contribution < -0.4 is 5.32 Å². The summed E-state index contributed by atoms with van der Waals surface area (Å²) in [6, 6.07) is 15.7. The summed E-state index contributed by atoms with van der Waals surface area (Å²) < 4.78 is 0. The van der Waals surface area contributed by atoms with Crippen LogP contribution in [0.25, 0.3) is 11.1 Å². The zero-order chi connectivity index (χ0) is 17.6. The Hall–Kier alpha value is -3.21. The van der Waals surface area contributed by atoms with E-state index in [9.17, 15) is 4.79 Å². The van der Waals surface area contributed by atoms with Crippen molar-refractivity contribution >= 4 is 11.7 Å². The normalized spacial score (nSPS) is 10.3. The number of benzene rings is 1. The molecule has 0 unspecified atom stereocenters. The number of nitrogens with one attached hydrogen (secondary N) is 1. The van der Waals surface area contributed by atoms with Gasteiger partial charge in [0.15, 0.2) is 0 Å². The van der Waals surface area contributed by atoms with Gasteiger partial charge in [-0.05, 0) is 41.0 Å². The first-order chi connectivity index (χ1) is 12.1. The summed E-state index contributed by atoms with van der Waals surface area (Å²) in [6.45, 7) is 0.626. The van der Waals surface area contributed by atoms with E-state index in [2.05, 4.69) is 33.5 Å². The summed E-state index contributed by atoms with van der Waals surface area (Å²) in [4.78, 5) is 22.0. The number of aromatic nitrogens is 2. The Kier molecular flexibility index (Phi) is 5.04. The van der Waals surface area contributed by atoms with E-state index in [1.807, 2.05) is 24.4 Å². The molecule has 5 nitrogen and oxygen atoms in total. The van der Waals surface area contributed by atoms with Crippen molar-refractivity contribution in [3.8, 4) is 11.1 Å². The Morgan fingerprint density at radius 2 is 1.88 bits per heavy atom. The first-order valence-corrected chi connectivity index (χ1v) is 8.04. The number of anilines is 1. The molecule has 2 aromatic heterocycles. The molecule has 1 aromatic carbocycles. The van der Waals surface area contributed by atoms with E-state index in [1.54, 1.807) is 43.5 Å². The van der Waals surface area contributed by atoms with Gasteiger partial charge in [0, 0.05) is 44.8 Å². The van der Waals surface area contributed by atoms with Crippen molar-refractivity contribution < 1.29 is 4.79 Å². The molecule has 0 fully saturated rings. The van der Waals surface area contributed by atoms with Gasteiger partial charge in [0.2, 0.25) is 0 Å². The highest BCUT2D eigenvalue weighted by Crippen LogP contribution is 2.20. The van der Waals surface area contributed by atoms with Crippen molar-refractivity contribution in [3.05, 3.63) is 78.2 Å². The van der Waals surface area contributed by atoms with Crippen LogP contribution in [0.3, 0.4) is 0 Å². The third-order valence-corrected chi connectivity index (χ3v) is 3.81.